The molecule has 98 valence electrons. The zero-order valence-corrected chi connectivity index (χ0v) is 11.3. The second-order valence-corrected chi connectivity index (χ2v) is 5.03. The van der Waals surface area contributed by atoms with Gasteiger partial charge in [0.15, 0.2) is 0 Å². The number of esters is 1. The van der Waals surface area contributed by atoms with Crippen molar-refractivity contribution >= 4 is 17.6 Å². The summed E-state index contributed by atoms with van der Waals surface area (Å²) in [5.41, 5.74) is 0.512. The molecule has 1 aliphatic heterocycles. The number of hydrogen-bond donors (Lipinski definition) is 0. The molecule has 1 saturated heterocycles. The number of hydrogen-bond acceptors (Lipinski definition) is 3. The predicted molar refractivity (Wildman–Crippen MR) is 69.6 cm³/mol. The highest BCUT2D eigenvalue weighted by atomic mass is 35.5. The van der Waals surface area contributed by atoms with Crippen LogP contribution in [0.25, 0.3) is 0 Å². The van der Waals surface area contributed by atoms with Crippen LogP contribution in [0.3, 0.4) is 0 Å². The molecule has 1 heterocycles. The summed E-state index contributed by atoms with van der Waals surface area (Å²) in [4.78, 5) is 11.9. The van der Waals surface area contributed by atoms with E-state index in [2.05, 4.69) is 0 Å². The summed E-state index contributed by atoms with van der Waals surface area (Å²) in [5, 5.41) is -0.289. The third kappa shape index (κ3) is 2.68. The highest BCUT2D eigenvalue weighted by Gasteiger charge is 2.42. The highest BCUT2D eigenvalue weighted by molar-refractivity contribution is 6.21. The lowest BCUT2D eigenvalue weighted by atomic mass is 10.0. The topological polar surface area (TPSA) is 35.5 Å². The number of carbonyl (C=O) groups is 1. The van der Waals surface area contributed by atoms with Crippen molar-refractivity contribution in [3.05, 3.63) is 35.9 Å². The van der Waals surface area contributed by atoms with Gasteiger partial charge in [-0.25, -0.2) is 4.79 Å². The first-order chi connectivity index (χ1) is 8.63. The molecule has 3 nitrogen and oxygen atoms in total. The minimum Gasteiger partial charge on any atom is -0.430 e. The number of carbonyl (C=O) groups excluding carboxylic acids is 1. The van der Waals surface area contributed by atoms with Gasteiger partial charge >= 0.3 is 5.97 Å². The predicted octanol–water partition coefficient (Wildman–Crippen LogP) is 3.22. The van der Waals surface area contributed by atoms with E-state index in [9.17, 15) is 4.79 Å². The molecule has 0 spiro atoms. The number of rotatable bonds is 3. The van der Waals surface area contributed by atoms with Gasteiger partial charge in [-0.2, -0.15) is 0 Å². The third-order valence-electron chi connectivity index (χ3n) is 3.29. The van der Waals surface area contributed by atoms with Crippen LogP contribution in [0.5, 0.6) is 0 Å². The average molecular weight is 269 g/mol. The van der Waals surface area contributed by atoms with E-state index in [0.29, 0.717) is 5.56 Å². The molecule has 1 aromatic carbocycles. The van der Waals surface area contributed by atoms with E-state index in [1.165, 1.54) is 0 Å². The van der Waals surface area contributed by atoms with Gasteiger partial charge in [0, 0.05) is 5.92 Å². The number of halogens is 1. The summed E-state index contributed by atoms with van der Waals surface area (Å²) < 4.78 is 11.0. The molecular weight excluding hydrogens is 252 g/mol. The first kappa shape index (κ1) is 13.4. The van der Waals surface area contributed by atoms with Gasteiger partial charge in [-0.05, 0) is 18.6 Å². The fourth-order valence-electron chi connectivity index (χ4n) is 2.13. The van der Waals surface area contributed by atoms with Gasteiger partial charge in [0.1, 0.15) is 5.38 Å². The molecule has 1 fully saturated rings. The Morgan fingerprint density at radius 2 is 2.06 bits per heavy atom. The minimum absolute atomic E-state index is 0.0565. The molecule has 18 heavy (non-hydrogen) atoms. The second-order valence-electron chi connectivity index (χ2n) is 4.53. The molecule has 0 aromatic heterocycles. The lowest BCUT2D eigenvalue weighted by Crippen LogP contribution is -2.26. The van der Waals surface area contributed by atoms with Crippen LogP contribution in [-0.2, 0) is 9.47 Å². The molecule has 0 unspecified atom stereocenters. The number of ether oxygens (including phenoxy) is 2. The lowest BCUT2D eigenvalue weighted by Gasteiger charge is -2.15. The molecule has 1 aromatic rings. The van der Waals surface area contributed by atoms with Gasteiger partial charge < -0.3 is 9.47 Å². The Kier molecular flexibility index (Phi) is 4.25. The molecule has 0 N–H and O–H groups in total. The van der Waals surface area contributed by atoms with E-state index in [1.807, 2.05) is 19.9 Å². The Bertz CT molecular complexity index is 407. The molecule has 1 aliphatic rings. The third-order valence-corrected chi connectivity index (χ3v) is 3.90. The molecule has 0 amide bonds. The van der Waals surface area contributed by atoms with Gasteiger partial charge in [-0.3, -0.25) is 0 Å². The highest BCUT2D eigenvalue weighted by Crippen LogP contribution is 2.33. The zero-order chi connectivity index (χ0) is 13.1. The van der Waals surface area contributed by atoms with Gasteiger partial charge in [0.2, 0.25) is 6.29 Å². The normalized spacial score (nSPS) is 31.3. The SMILES string of the molecule is CC[C@H]1O[C@H](OC(=O)c2ccccc2)[C@@H](Cl)[C@@H]1C. The Labute approximate surface area is 112 Å². The fourth-order valence-corrected chi connectivity index (χ4v) is 2.41. The summed E-state index contributed by atoms with van der Waals surface area (Å²) in [6.07, 6.45) is 0.268. The van der Waals surface area contributed by atoms with E-state index >= 15 is 0 Å². The van der Waals surface area contributed by atoms with Crippen molar-refractivity contribution in [3.8, 4) is 0 Å². The molecule has 0 aliphatic carbocycles. The maximum absolute atomic E-state index is 11.9. The number of benzene rings is 1. The van der Waals surface area contributed by atoms with E-state index in [4.69, 9.17) is 21.1 Å². The lowest BCUT2D eigenvalue weighted by molar-refractivity contribution is -0.102. The first-order valence-corrected chi connectivity index (χ1v) is 6.62. The minimum atomic E-state index is -0.653. The molecule has 0 radical (unpaired) electrons. The van der Waals surface area contributed by atoms with Crippen LogP contribution in [0.15, 0.2) is 30.3 Å². The first-order valence-electron chi connectivity index (χ1n) is 6.19. The van der Waals surface area contributed by atoms with Crippen molar-refractivity contribution in [2.24, 2.45) is 5.92 Å². The molecule has 0 saturated carbocycles. The largest absolute Gasteiger partial charge is 0.430 e. The maximum Gasteiger partial charge on any atom is 0.340 e. The van der Waals surface area contributed by atoms with Gasteiger partial charge in [0.05, 0.1) is 11.7 Å². The van der Waals surface area contributed by atoms with Gasteiger partial charge in [-0.1, -0.05) is 32.0 Å². The van der Waals surface area contributed by atoms with E-state index < -0.39 is 12.3 Å². The van der Waals surface area contributed by atoms with Crippen LogP contribution in [0.4, 0.5) is 0 Å². The Balaban J connectivity index is 2.00. The van der Waals surface area contributed by atoms with E-state index in [1.54, 1.807) is 24.3 Å². The average Bonchev–Trinajstić information content (AvgIpc) is 2.67. The van der Waals surface area contributed by atoms with Crippen LogP contribution in [0, 0.1) is 5.92 Å². The Hall–Kier alpha value is -1.06. The smallest absolute Gasteiger partial charge is 0.340 e. The summed E-state index contributed by atoms with van der Waals surface area (Å²) in [6, 6.07) is 8.86. The Morgan fingerprint density at radius 3 is 2.61 bits per heavy atom. The summed E-state index contributed by atoms with van der Waals surface area (Å²) in [6.45, 7) is 4.05. The standard InChI is InChI=1S/C14H17ClO3/c1-3-11-9(2)12(15)14(17-11)18-13(16)10-7-5-4-6-8-10/h4-9,11-12,14H,3H2,1-2H3/t9-,11-,12+,14-/m1/s1. The monoisotopic (exact) mass is 268 g/mol. The second kappa shape index (κ2) is 5.72. The van der Waals surface area contributed by atoms with Crippen LogP contribution in [0.1, 0.15) is 30.6 Å². The summed E-state index contributed by atoms with van der Waals surface area (Å²) in [7, 11) is 0. The summed E-state index contributed by atoms with van der Waals surface area (Å²) in [5.74, 6) is -0.208. The zero-order valence-electron chi connectivity index (χ0n) is 10.5. The maximum atomic E-state index is 11.9. The van der Waals surface area contributed by atoms with Crippen LogP contribution < -0.4 is 0 Å². The van der Waals surface area contributed by atoms with Gasteiger partial charge in [0.25, 0.3) is 0 Å². The molecule has 4 atom stereocenters. The number of alkyl halides is 1. The van der Waals surface area contributed by atoms with Crippen LogP contribution in [-0.4, -0.2) is 23.7 Å². The van der Waals surface area contributed by atoms with E-state index in [0.717, 1.165) is 6.42 Å². The summed E-state index contributed by atoms with van der Waals surface area (Å²) >= 11 is 6.23. The van der Waals surface area contributed by atoms with Crippen molar-refractivity contribution < 1.29 is 14.3 Å². The van der Waals surface area contributed by atoms with Crippen molar-refractivity contribution in [1.29, 1.82) is 0 Å². The van der Waals surface area contributed by atoms with Gasteiger partial charge in [-0.15, -0.1) is 11.6 Å². The van der Waals surface area contributed by atoms with E-state index in [-0.39, 0.29) is 17.4 Å². The Morgan fingerprint density at radius 1 is 1.39 bits per heavy atom. The van der Waals surface area contributed by atoms with Crippen LogP contribution >= 0.6 is 11.6 Å². The molecule has 2 rings (SSSR count). The quantitative estimate of drug-likeness (QED) is 0.624. The molecule has 4 heteroatoms. The van der Waals surface area contributed by atoms with Crippen molar-refractivity contribution in [1.82, 2.24) is 0 Å². The van der Waals surface area contributed by atoms with Crippen molar-refractivity contribution in [2.75, 3.05) is 0 Å². The fraction of sp³-hybridized carbons (Fsp3) is 0.500. The molecular formula is C14H17ClO3. The van der Waals surface area contributed by atoms with Crippen molar-refractivity contribution in [3.63, 3.8) is 0 Å². The molecule has 0 bridgehead atoms. The van der Waals surface area contributed by atoms with Crippen LogP contribution in [0.2, 0.25) is 0 Å². The van der Waals surface area contributed by atoms with Crippen molar-refractivity contribution in [2.45, 2.75) is 38.0 Å².